The molecule has 48 heavy (non-hydrogen) atoms. The zero-order valence-electron chi connectivity index (χ0n) is 25.7. The molecular formula is C35H29N5O6S2. The van der Waals surface area contributed by atoms with E-state index in [-0.39, 0.29) is 17.3 Å². The summed E-state index contributed by atoms with van der Waals surface area (Å²) in [6.07, 6.45) is 1.57. The Balaban J connectivity index is 1.25. The van der Waals surface area contributed by atoms with E-state index in [0.717, 1.165) is 4.90 Å². The number of rotatable bonds is 12. The summed E-state index contributed by atoms with van der Waals surface area (Å²) < 4.78 is 5.22. The Kier molecular flexibility index (Phi) is 11.0. The Labute approximate surface area is 284 Å². The molecule has 5 aromatic rings. The number of ether oxygens (including phenoxy) is 1. The van der Waals surface area contributed by atoms with Crippen LogP contribution in [0.25, 0.3) is 17.3 Å². The number of hydrogen-bond donors (Lipinski definition) is 3. The van der Waals surface area contributed by atoms with Gasteiger partial charge in [-0.15, -0.1) is 23.1 Å². The van der Waals surface area contributed by atoms with Crippen LogP contribution in [-0.4, -0.2) is 40.0 Å². The molecule has 4 aromatic carbocycles. The third kappa shape index (κ3) is 8.93. The predicted octanol–water partition coefficient (Wildman–Crippen LogP) is 7.26. The first-order valence-corrected chi connectivity index (χ1v) is 16.3. The van der Waals surface area contributed by atoms with E-state index in [0.29, 0.717) is 39.0 Å². The van der Waals surface area contributed by atoms with Crippen molar-refractivity contribution in [2.45, 2.75) is 17.1 Å². The summed E-state index contributed by atoms with van der Waals surface area (Å²) in [4.78, 5) is 55.2. The molecule has 0 aliphatic carbocycles. The molecule has 0 aliphatic rings. The highest BCUT2D eigenvalue weighted by Crippen LogP contribution is 2.30. The number of methoxy groups -OCH3 is 1. The number of thiazole rings is 1. The third-order valence-electron chi connectivity index (χ3n) is 6.82. The van der Waals surface area contributed by atoms with Gasteiger partial charge in [0.05, 0.1) is 23.0 Å². The number of carbonyl (C=O) groups is 3. The number of benzene rings is 4. The van der Waals surface area contributed by atoms with Gasteiger partial charge in [-0.25, -0.2) is 4.98 Å². The van der Waals surface area contributed by atoms with Crippen molar-refractivity contribution in [3.05, 3.63) is 135 Å². The Bertz CT molecular complexity index is 1980. The van der Waals surface area contributed by atoms with Crippen LogP contribution in [0.2, 0.25) is 0 Å². The predicted molar refractivity (Wildman–Crippen MR) is 188 cm³/mol. The lowest BCUT2D eigenvalue weighted by Gasteiger charge is -2.14. The quantitative estimate of drug-likeness (QED) is 0.0539. The van der Waals surface area contributed by atoms with E-state index in [9.17, 15) is 24.5 Å². The van der Waals surface area contributed by atoms with E-state index in [1.165, 1.54) is 35.2 Å². The van der Waals surface area contributed by atoms with Gasteiger partial charge in [-0.1, -0.05) is 48.5 Å². The maximum absolute atomic E-state index is 13.5. The Morgan fingerprint density at radius 2 is 1.69 bits per heavy atom. The first kappa shape index (κ1) is 33.6. The highest BCUT2D eigenvalue weighted by molar-refractivity contribution is 8.00. The molecule has 13 heteroatoms. The fourth-order valence-corrected chi connectivity index (χ4v) is 6.01. The van der Waals surface area contributed by atoms with Crippen LogP contribution < -0.4 is 20.7 Å². The largest absolute Gasteiger partial charge is 0.497 e. The van der Waals surface area contributed by atoms with Crippen molar-refractivity contribution in [3.63, 3.8) is 0 Å². The van der Waals surface area contributed by atoms with Gasteiger partial charge in [-0.3, -0.25) is 24.5 Å². The van der Waals surface area contributed by atoms with Crippen LogP contribution in [0, 0.1) is 10.1 Å². The highest BCUT2D eigenvalue weighted by atomic mass is 32.2. The summed E-state index contributed by atoms with van der Waals surface area (Å²) in [6.45, 7) is 1.75. The van der Waals surface area contributed by atoms with Crippen molar-refractivity contribution in [1.82, 2.24) is 10.3 Å². The third-order valence-corrected chi connectivity index (χ3v) is 8.67. The van der Waals surface area contributed by atoms with Gasteiger partial charge in [0.2, 0.25) is 5.91 Å². The van der Waals surface area contributed by atoms with Gasteiger partial charge in [0, 0.05) is 39.2 Å². The van der Waals surface area contributed by atoms with Gasteiger partial charge >= 0.3 is 0 Å². The van der Waals surface area contributed by atoms with Gasteiger partial charge < -0.3 is 20.7 Å². The minimum absolute atomic E-state index is 0.0350. The number of anilines is 2. The molecule has 11 nitrogen and oxygen atoms in total. The molecule has 1 atom stereocenters. The van der Waals surface area contributed by atoms with Crippen LogP contribution in [0.1, 0.15) is 22.8 Å². The number of hydrogen-bond acceptors (Lipinski definition) is 9. The van der Waals surface area contributed by atoms with Gasteiger partial charge in [0.25, 0.3) is 17.5 Å². The topological polar surface area (TPSA) is 153 Å². The number of aromatic nitrogens is 1. The van der Waals surface area contributed by atoms with Gasteiger partial charge in [0.1, 0.15) is 11.4 Å². The molecule has 0 saturated carbocycles. The molecule has 0 spiro atoms. The molecule has 0 radical (unpaired) electrons. The maximum atomic E-state index is 13.5. The number of nitrogens with one attached hydrogen (secondary N) is 3. The zero-order valence-corrected chi connectivity index (χ0v) is 27.3. The van der Waals surface area contributed by atoms with E-state index >= 15 is 0 Å². The molecule has 242 valence electrons. The summed E-state index contributed by atoms with van der Waals surface area (Å²) >= 11 is 2.50. The van der Waals surface area contributed by atoms with Crippen LogP contribution >= 0.6 is 23.1 Å². The van der Waals surface area contributed by atoms with Gasteiger partial charge in [-0.05, 0) is 61.0 Å². The second kappa shape index (κ2) is 15.7. The number of nitro benzene ring substituents is 1. The molecule has 1 aromatic heterocycles. The van der Waals surface area contributed by atoms with Crippen LogP contribution in [0.5, 0.6) is 5.75 Å². The number of nitro groups is 1. The standard InChI is InChI=1S/C35H29N5O6S2/c1-22(32(41)39-35-38-31(21-47-35)25-10-6-12-27(19-25)40(44)45)48-29-13-7-11-26(20-29)36-34(43)30(18-23-14-16-28(46-2)17-15-23)37-33(42)24-8-4-3-5-9-24/h3-22H,1-2H3,(H,36,43)(H,37,42)(H,38,39,41)/b30-18+. The number of nitrogens with zero attached hydrogens (tertiary/aromatic N) is 2. The molecule has 0 bridgehead atoms. The first-order chi connectivity index (χ1) is 23.2. The SMILES string of the molecule is COc1ccc(/C=C(/NC(=O)c2ccccc2)C(=O)Nc2cccc(SC(C)C(=O)Nc3nc(-c4cccc([N+](=O)[O-])c4)cs3)c2)cc1. The summed E-state index contributed by atoms with van der Waals surface area (Å²) in [5.41, 5.74) is 2.62. The summed E-state index contributed by atoms with van der Waals surface area (Å²) in [7, 11) is 1.56. The van der Waals surface area contributed by atoms with Crippen molar-refractivity contribution in [2.24, 2.45) is 0 Å². The van der Waals surface area contributed by atoms with Crippen molar-refractivity contribution < 1.29 is 24.0 Å². The lowest BCUT2D eigenvalue weighted by molar-refractivity contribution is -0.384. The lowest BCUT2D eigenvalue weighted by Crippen LogP contribution is -2.30. The smallest absolute Gasteiger partial charge is 0.272 e. The molecule has 1 heterocycles. The van der Waals surface area contributed by atoms with Crippen molar-refractivity contribution in [2.75, 3.05) is 17.7 Å². The molecular weight excluding hydrogens is 651 g/mol. The van der Waals surface area contributed by atoms with Gasteiger partial charge in [-0.2, -0.15) is 0 Å². The minimum Gasteiger partial charge on any atom is -0.497 e. The molecule has 5 rings (SSSR count). The Hall–Kier alpha value is -5.79. The molecule has 3 N–H and O–H groups in total. The minimum atomic E-state index is -0.536. The molecule has 0 aliphatic heterocycles. The lowest BCUT2D eigenvalue weighted by atomic mass is 10.1. The number of thioether (sulfide) groups is 1. The highest BCUT2D eigenvalue weighted by Gasteiger charge is 2.19. The molecule has 1 unspecified atom stereocenters. The fourth-order valence-electron chi connectivity index (χ4n) is 4.36. The number of non-ortho nitro benzene ring substituents is 1. The monoisotopic (exact) mass is 679 g/mol. The van der Waals surface area contributed by atoms with E-state index < -0.39 is 22.0 Å². The van der Waals surface area contributed by atoms with Crippen molar-refractivity contribution in [1.29, 1.82) is 0 Å². The Morgan fingerprint density at radius 3 is 2.42 bits per heavy atom. The maximum Gasteiger partial charge on any atom is 0.272 e. The van der Waals surface area contributed by atoms with Gasteiger partial charge in [0.15, 0.2) is 5.13 Å². The van der Waals surface area contributed by atoms with E-state index in [1.807, 2.05) is 6.07 Å². The van der Waals surface area contributed by atoms with E-state index in [1.54, 1.807) is 110 Å². The molecule has 0 saturated heterocycles. The number of carbonyl (C=O) groups excluding carboxylic acids is 3. The second-order valence-electron chi connectivity index (χ2n) is 10.2. The van der Waals surface area contributed by atoms with E-state index in [2.05, 4.69) is 20.9 Å². The van der Waals surface area contributed by atoms with Crippen LogP contribution in [0.3, 0.4) is 0 Å². The van der Waals surface area contributed by atoms with Crippen LogP contribution in [0.4, 0.5) is 16.5 Å². The van der Waals surface area contributed by atoms with Crippen molar-refractivity contribution in [3.8, 4) is 17.0 Å². The first-order valence-electron chi connectivity index (χ1n) is 14.5. The summed E-state index contributed by atoms with van der Waals surface area (Å²) in [6, 6.07) is 28.8. The summed E-state index contributed by atoms with van der Waals surface area (Å²) in [5.74, 6) is -0.609. The average molecular weight is 680 g/mol. The fraction of sp³-hybridized carbons (Fsp3) is 0.0857. The molecule has 3 amide bonds. The second-order valence-corrected chi connectivity index (χ2v) is 12.5. The normalized spacial score (nSPS) is 11.7. The zero-order chi connectivity index (χ0) is 34.0. The summed E-state index contributed by atoms with van der Waals surface area (Å²) in [5, 5.41) is 21.0. The molecule has 0 fully saturated rings. The number of amides is 3. The average Bonchev–Trinajstić information content (AvgIpc) is 3.57. The van der Waals surface area contributed by atoms with Crippen LogP contribution in [0.15, 0.2) is 119 Å². The van der Waals surface area contributed by atoms with Crippen molar-refractivity contribution >= 4 is 63.4 Å². The van der Waals surface area contributed by atoms with E-state index in [4.69, 9.17) is 4.74 Å². The van der Waals surface area contributed by atoms with Crippen LogP contribution in [-0.2, 0) is 9.59 Å². The Morgan fingerprint density at radius 1 is 0.938 bits per heavy atom.